The summed E-state index contributed by atoms with van der Waals surface area (Å²) in [5.74, 6) is 0.622. The average Bonchev–Trinajstić information content (AvgIpc) is 2.14. The number of nitrogens with two attached hydrogens (primary N) is 2. The van der Waals surface area contributed by atoms with Crippen molar-refractivity contribution in [2.24, 2.45) is 11.5 Å². The highest BCUT2D eigenvalue weighted by atomic mass is 15.1. The molecule has 1 unspecified atom stereocenters. The number of aryl methyl sites for hydroxylation is 1. The summed E-state index contributed by atoms with van der Waals surface area (Å²) >= 11 is 0. The molecule has 0 aromatic carbocycles. The lowest BCUT2D eigenvalue weighted by molar-refractivity contribution is 0.906. The molecule has 0 saturated heterocycles. The molecule has 0 bridgehead atoms. The van der Waals surface area contributed by atoms with Crippen LogP contribution < -0.4 is 16.8 Å². The largest absolute Gasteiger partial charge is 0.402 e. The van der Waals surface area contributed by atoms with Gasteiger partial charge in [0, 0.05) is 17.5 Å². The zero-order valence-corrected chi connectivity index (χ0v) is 9.23. The van der Waals surface area contributed by atoms with Crippen LogP contribution in [0.15, 0.2) is 17.8 Å². The first-order valence-corrected chi connectivity index (χ1v) is 4.73. The van der Waals surface area contributed by atoms with E-state index in [1.807, 2.05) is 6.07 Å². The highest BCUT2D eigenvalue weighted by Crippen LogP contribution is 2.06. The monoisotopic (exact) mass is 218 g/mol. The first-order valence-electron chi connectivity index (χ1n) is 4.73. The minimum absolute atomic E-state index is 0.114. The van der Waals surface area contributed by atoms with E-state index in [1.165, 1.54) is 0 Å². The average molecular weight is 218 g/mol. The Kier molecular flexibility index (Phi) is 3.80. The van der Waals surface area contributed by atoms with Gasteiger partial charge in [-0.1, -0.05) is 0 Å². The minimum atomic E-state index is -0.439. The zero-order valence-electron chi connectivity index (χ0n) is 9.23. The Balaban J connectivity index is 2.86. The Labute approximate surface area is 94.0 Å². The summed E-state index contributed by atoms with van der Waals surface area (Å²) in [4.78, 5) is 7.89. The molecule has 16 heavy (non-hydrogen) atoms. The summed E-state index contributed by atoms with van der Waals surface area (Å²) in [6.45, 7) is 3.52. The molecule has 0 amide bonds. The molecular weight excluding hydrogens is 204 g/mol. The topological polar surface area (TPSA) is 114 Å². The summed E-state index contributed by atoms with van der Waals surface area (Å²) in [7, 11) is 0. The van der Waals surface area contributed by atoms with Crippen molar-refractivity contribution in [3.05, 3.63) is 29.4 Å². The summed E-state index contributed by atoms with van der Waals surface area (Å²) < 4.78 is 0. The van der Waals surface area contributed by atoms with Crippen LogP contribution in [0.25, 0.3) is 0 Å². The lowest BCUT2D eigenvalue weighted by Gasteiger charge is -2.11. The van der Waals surface area contributed by atoms with Gasteiger partial charge in [0.25, 0.3) is 0 Å². The van der Waals surface area contributed by atoms with Crippen LogP contribution in [0.4, 0.5) is 5.82 Å². The molecule has 0 aliphatic heterocycles. The minimum Gasteiger partial charge on any atom is -0.402 e. The third kappa shape index (κ3) is 3.55. The van der Waals surface area contributed by atoms with Gasteiger partial charge in [0.1, 0.15) is 11.9 Å². The first kappa shape index (κ1) is 11.9. The van der Waals surface area contributed by atoms with Crippen LogP contribution >= 0.6 is 0 Å². The number of hydrogen-bond acceptors (Lipinski definition) is 6. The summed E-state index contributed by atoms with van der Waals surface area (Å²) in [5, 5.41) is 11.6. The van der Waals surface area contributed by atoms with Gasteiger partial charge in [0.05, 0.1) is 6.17 Å². The van der Waals surface area contributed by atoms with Gasteiger partial charge in [-0.3, -0.25) is 0 Å². The van der Waals surface area contributed by atoms with Crippen molar-refractivity contribution in [3.63, 3.8) is 0 Å². The fourth-order valence-electron chi connectivity index (χ4n) is 1.19. The highest BCUT2D eigenvalue weighted by Gasteiger charge is 2.03. The Morgan fingerprint density at radius 3 is 2.88 bits per heavy atom. The van der Waals surface area contributed by atoms with Crippen molar-refractivity contribution in [2.75, 3.05) is 5.32 Å². The lowest BCUT2D eigenvalue weighted by Crippen LogP contribution is -2.28. The van der Waals surface area contributed by atoms with Crippen LogP contribution in [0.1, 0.15) is 18.4 Å². The third-order valence-electron chi connectivity index (χ3n) is 1.71. The molecule has 6 nitrogen and oxygen atoms in total. The molecule has 84 valence electrons. The molecule has 1 aromatic rings. The van der Waals surface area contributed by atoms with Gasteiger partial charge >= 0.3 is 0 Å². The van der Waals surface area contributed by atoms with Crippen LogP contribution in [0.2, 0.25) is 0 Å². The van der Waals surface area contributed by atoms with Crippen LogP contribution in [0.3, 0.4) is 0 Å². The molecular formula is C10H14N6. The van der Waals surface area contributed by atoms with Gasteiger partial charge in [0.15, 0.2) is 0 Å². The highest BCUT2D eigenvalue weighted by molar-refractivity contribution is 5.39. The van der Waals surface area contributed by atoms with E-state index in [4.69, 9.17) is 16.7 Å². The predicted molar refractivity (Wildman–Crippen MR) is 61.0 cm³/mol. The van der Waals surface area contributed by atoms with E-state index in [0.29, 0.717) is 17.2 Å². The molecule has 1 heterocycles. The number of nitriles is 1. The van der Waals surface area contributed by atoms with Crippen LogP contribution in [-0.4, -0.2) is 16.1 Å². The predicted octanol–water partition coefficient (Wildman–Crippen LogP) is 0.216. The van der Waals surface area contributed by atoms with E-state index in [0.717, 1.165) is 0 Å². The molecule has 0 aliphatic carbocycles. The van der Waals surface area contributed by atoms with Gasteiger partial charge in [-0.2, -0.15) is 5.26 Å². The Morgan fingerprint density at radius 1 is 1.62 bits per heavy atom. The smallest absolute Gasteiger partial charge is 0.234 e. The molecule has 1 atom stereocenters. The van der Waals surface area contributed by atoms with Crippen molar-refractivity contribution < 1.29 is 0 Å². The summed E-state index contributed by atoms with van der Waals surface area (Å²) in [6.07, 6.45) is 1.22. The van der Waals surface area contributed by atoms with E-state index in [9.17, 15) is 0 Å². The molecule has 5 N–H and O–H groups in total. The maximum atomic E-state index is 8.70. The van der Waals surface area contributed by atoms with Crippen molar-refractivity contribution >= 4 is 5.82 Å². The van der Waals surface area contributed by atoms with Crippen molar-refractivity contribution in [3.8, 4) is 6.07 Å². The SMILES string of the molecule is C/C(N)=C/C(N)Nc1cc(C)nc(C#N)n1. The normalized spacial score (nSPS) is 13.0. The number of aromatic nitrogens is 2. The lowest BCUT2D eigenvalue weighted by atomic mass is 10.3. The summed E-state index contributed by atoms with van der Waals surface area (Å²) in [6, 6.07) is 3.59. The Hall–Kier alpha value is -2.13. The van der Waals surface area contributed by atoms with Gasteiger partial charge in [-0.05, 0) is 19.9 Å². The number of nitrogens with zero attached hydrogens (tertiary/aromatic N) is 3. The summed E-state index contributed by atoms with van der Waals surface area (Å²) in [5.41, 5.74) is 12.5. The second kappa shape index (κ2) is 5.09. The van der Waals surface area contributed by atoms with E-state index in [-0.39, 0.29) is 5.82 Å². The molecule has 1 aromatic heterocycles. The fraction of sp³-hybridized carbons (Fsp3) is 0.300. The van der Waals surface area contributed by atoms with Crippen molar-refractivity contribution in [1.82, 2.24) is 9.97 Å². The third-order valence-corrected chi connectivity index (χ3v) is 1.71. The number of nitrogens with one attached hydrogen (secondary N) is 1. The van der Waals surface area contributed by atoms with Crippen LogP contribution in [0, 0.1) is 18.3 Å². The van der Waals surface area contributed by atoms with Crippen LogP contribution in [-0.2, 0) is 0 Å². The first-order chi connectivity index (χ1) is 7.51. The molecule has 0 spiro atoms. The molecule has 0 radical (unpaired) electrons. The van der Waals surface area contributed by atoms with Gasteiger partial charge in [-0.25, -0.2) is 9.97 Å². The fourth-order valence-corrected chi connectivity index (χ4v) is 1.19. The second-order valence-electron chi connectivity index (χ2n) is 3.41. The number of allylic oxidation sites excluding steroid dienone is 1. The molecule has 0 saturated carbocycles. The molecule has 0 aliphatic rings. The van der Waals surface area contributed by atoms with Gasteiger partial charge < -0.3 is 16.8 Å². The Bertz CT molecular complexity index is 441. The number of hydrogen-bond donors (Lipinski definition) is 3. The van der Waals surface area contributed by atoms with Crippen molar-refractivity contribution in [2.45, 2.75) is 20.0 Å². The van der Waals surface area contributed by atoms with Gasteiger partial charge in [0.2, 0.25) is 5.82 Å². The number of anilines is 1. The van der Waals surface area contributed by atoms with E-state index in [2.05, 4.69) is 15.3 Å². The Morgan fingerprint density at radius 2 is 2.31 bits per heavy atom. The standard InChI is InChI=1S/C10H14N6/c1-6(12)3-8(13)15-9-4-7(2)14-10(5-11)16-9/h3-4,8H,12-13H2,1-2H3,(H,14,15,16)/b6-3-. The van der Waals surface area contributed by atoms with Crippen LogP contribution in [0.5, 0.6) is 0 Å². The second-order valence-corrected chi connectivity index (χ2v) is 3.41. The van der Waals surface area contributed by atoms with E-state index >= 15 is 0 Å². The van der Waals surface area contributed by atoms with E-state index in [1.54, 1.807) is 26.0 Å². The quantitative estimate of drug-likeness (QED) is 0.625. The van der Waals surface area contributed by atoms with Gasteiger partial charge in [-0.15, -0.1) is 0 Å². The van der Waals surface area contributed by atoms with E-state index < -0.39 is 6.17 Å². The maximum absolute atomic E-state index is 8.70. The molecule has 1 rings (SSSR count). The zero-order chi connectivity index (χ0) is 12.1. The molecule has 0 fully saturated rings. The molecule has 6 heteroatoms. The number of rotatable bonds is 3. The van der Waals surface area contributed by atoms with Crippen molar-refractivity contribution in [1.29, 1.82) is 5.26 Å². The maximum Gasteiger partial charge on any atom is 0.234 e.